The number of carbonyl (C=O) groups is 2. The van der Waals surface area contributed by atoms with E-state index in [0.717, 1.165) is 23.0 Å². The first kappa shape index (κ1) is 19.1. The number of carbonyl (C=O) groups excluding carboxylic acids is 2. The molecule has 2 N–H and O–H groups in total. The molecule has 0 saturated carbocycles. The summed E-state index contributed by atoms with van der Waals surface area (Å²) in [6.07, 6.45) is 2.03. The van der Waals surface area contributed by atoms with E-state index >= 15 is 0 Å². The van der Waals surface area contributed by atoms with Crippen molar-refractivity contribution in [3.05, 3.63) is 62.2 Å². The van der Waals surface area contributed by atoms with Crippen molar-refractivity contribution in [2.75, 3.05) is 18.5 Å². The number of ether oxygens (including phenoxy) is 1. The SMILES string of the molecule is O=C(Nc1ccc(I)cc1C(=O)NCC1CCCO1)c1ccc(Cl)cc1. The maximum atomic E-state index is 12.6. The van der Waals surface area contributed by atoms with Crippen LogP contribution in [0.3, 0.4) is 0 Å². The van der Waals surface area contributed by atoms with Gasteiger partial charge in [0.05, 0.1) is 17.4 Å². The number of rotatable bonds is 5. The molecule has 3 rings (SSSR count). The number of benzene rings is 2. The molecule has 0 spiro atoms. The van der Waals surface area contributed by atoms with Crippen molar-refractivity contribution in [3.8, 4) is 0 Å². The van der Waals surface area contributed by atoms with Gasteiger partial charge in [-0.3, -0.25) is 9.59 Å². The second-order valence-electron chi connectivity index (χ2n) is 6.00. The fourth-order valence-electron chi connectivity index (χ4n) is 2.72. The number of hydrogen-bond donors (Lipinski definition) is 2. The molecule has 136 valence electrons. The van der Waals surface area contributed by atoms with Gasteiger partial charge in [0, 0.05) is 27.3 Å². The van der Waals surface area contributed by atoms with E-state index < -0.39 is 0 Å². The zero-order valence-corrected chi connectivity index (χ0v) is 16.8. The monoisotopic (exact) mass is 484 g/mol. The van der Waals surface area contributed by atoms with Gasteiger partial charge in [-0.15, -0.1) is 0 Å². The molecule has 5 nitrogen and oxygen atoms in total. The lowest BCUT2D eigenvalue weighted by atomic mass is 10.1. The number of nitrogens with one attached hydrogen (secondary N) is 2. The molecule has 1 saturated heterocycles. The van der Waals surface area contributed by atoms with Crippen molar-refractivity contribution in [3.63, 3.8) is 0 Å². The van der Waals surface area contributed by atoms with Gasteiger partial charge in [0.1, 0.15) is 0 Å². The third-order valence-corrected chi connectivity index (χ3v) is 5.02. The minimum Gasteiger partial charge on any atom is -0.376 e. The summed E-state index contributed by atoms with van der Waals surface area (Å²) >= 11 is 7.99. The van der Waals surface area contributed by atoms with Crippen LogP contribution in [0.5, 0.6) is 0 Å². The van der Waals surface area contributed by atoms with Crippen molar-refractivity contribution >= 4 is 51.7 Å². The molecular formula is C19H18ClIN2O3. The Kier molecular flexibility index (Phi) is 6.50. The average molecular weight is 485 g/mol. The van der Waals surface area contributed by atoms with Gasteiger partial charge in [0.2, 0.25) is 0 Å². The molecule has 1 aliphatic heterocycles. The quantitative estimate of drug-likeness (QED) is 0.628. The summed E-state index contributed by atoms with van der Waals surface area (Å²) in [5, 5.41) is 6.26. The van der Waals surface area contributed by atoms with E-state index in [1.165, 1.54) is 0 Å². The molecule has 1 fully saturated rings. The highest BCUT2D eigenvalue weighted by molar-refractivity contribution is 14.1. The van der Waals surface area contributed by atoms with Crippen LogP contribution < -0.4 is 10.6 Å². The number of amides is 2. The molecule has 2 amide bonds. The maximum absolute atomic E-state index is 12.6. The van der Waals surface area contributed by atoms with E-state index in [1.54, 1.807) is 36.4 Å². The molecule has 1 atom stereocenters. The normalized spacial score (nSPS) is 16.3. The lowest BCUT2D eigenvalue weighted by molar-refractivity contribution is 0.0858. The van der Waals surface area contributed by atoms with Gasteiger partial charge < -0.3 is 15.4 Å². The third-order valence-electron chi connectivity index (χ3n) is 4.10. The summed E-state index contributed by atoms with van der Waals surface area (Å²) in [7, 11) is 0. The van der Waals surface area contributed by atoms with E-state index in [-0.39, 0.29) is 17.9 Å². The maximum Gasteiger partial charge on any atom is 0.255 e. The molecule has 1 aliphatic rings. The van der Waals surface area contributed by atoms with Gasteiger partial charge in [-0.25, -0.2) is 0 Å². The van der Waals surface area contributed by atoms with Crippen molar-refractivity contribution in [2.24, 2.45) is 0 Å². The number of hydrogen-bond acceptors (Lipinski definition) is 3. The molecule has 0 aliphatic carbocycles. The van der Waals surface area contributed by atoms with Gasteiger partial charge in [-0.05, 0) is 77.9 Å². The highest BCUT2D eigenvalue weighted by Crippen LogP contribution is 2.21. The summed E-state index contributed by atoms with van der Waals surface area (Å²) < 4.78 is 6.44. The van der Waals surface area contributed by atoms with E-state index in [0.29, 0.717) is 28.4 Å². The predicted molar refractivity (Wildman–Crippen MR) is 110 cm³/mol. The van der Waals surface area contributed by atoms with Crippen LogP contribution in [0.4, 0.5) is 5.69 Å². The second kappa shape index (κ2) is 8.83. The van der Waals surface area contributed by atoms with Crippen LogP contribution in [0.2, 0.25) is 5.02 Å². The Bertz CT molecular complexity index is 805. The van der Waals surface area contributed by atoms with Crippen molar-refractivity contribution < 1.29 is 14.3 Å². The minimum absolute atomic E-state index is 0.0637. The molecule has 0 bridgehead atoms. The van der Waals surface area contributed by atoms with Crippen LogP contribution in [-0.2, 0) is 4.74 Å². The first-order chi connectivity index (χ1) is 12.5. The lowest BCUT2D eigenvalue weighted by Crippen LogP contribution is -2.32. The summed E-state index contributed by atoms with van der Waals surface area (Å²) in [6.45, 7) is 1.21. The number of halogens is 2. The van der Waals surface area contributed by atoms with Crippen LogP contribution in [0.25, 0.3) is 0 Å². The molecule has 1 heterocycles. The molecule has 1 unspecified atom stereocenters. The van der Waals surface area contributed by atoms with Gasteiger partial charge in [0.25, 0.3) is 11.8 Å². The summed E-state index contributed by atoms with van der Waals surface area (Å²) in [6, 6.07) is 11.9. The van der Waals surface area contributed by atoms with Crippen LogP contribution in [0.1, 0.15) is 33.6 Å². The van der Waals surface area contributed by atoms with Crippen molar-refractivity contribution in [1.29, 1.82) is 0 Å². The topological polar surface area (TPSA) is 67.4 Å². The zero-order chi connectivity index (χ0) is 18.5. The Morgan fingerprint density at radius 3 is 2.62 bits per heavy atom. The predicted octanol–water partition coefficient (Wildman–Crippen LogP) is 4.11. The van der Waals surface area contributed by atoms with Gasteiger partial charge in [0.15, 0.2) is 0 Å². The Hall–Kier alpha value is -1.64. The van der Waals surface area contributed by atoms with E-state index in [9.17, 15) is 9.59 Å². The number of anilines is 1. The highest BCUT2D eigenvalue weighted by Gasteiger charge is 2.19. The first-order valence-electron chi connectivity index (χ1n) is 8.29. The zero-order valence-electron chi connectivity index (χ0n) is 13.9. The Morgan fingerprint density at radius 2 is 1.92 bits per heavy atom. The van der Waals surface area contributed by atoms with Crippen LogP contribution in [0, 0.1) is 3.57 Å². The molecule has 0 aromatic heterocycles. The average Bonchev–Trinajstić information content (AvgIpc) is 3.15. The van der Waals surface area contributed by atoms with Crippen LogP contribution in [-0.4, -0.2) is 31.1 Å². The second-order valence-corrected chi connectivity index (χ2v) is 7.68. The minimum atomic E-state index is -0.295. The van der Waals surface area contributed by atoms with Gasteiger partial charge >= 0.3 is 0 Å². The van der Waals surface area contributed by atoms with E-state index in [1.807, 2.05) is 6.07 Å². The molecule has 7 heteroatoms. The summed E-state index contributed by atoms with van der Waals surface area (Å²) in [4.78, 5) is 25.0. The summed E-state index contributed by atoms with van der Waals surface area (Å²) in [5.74, 6) is -0.526. The van der Waals surface area contributed by atoms with Crippen LogP contribution in [0.15, 0.2) is 42.5 Å². The van der Waals surface area contributed by atoms with Crippen molar-refractivity contribution in [1.82, 2.24) is 5.32 Å². The molecule has 26 heavy (non-hydrogen) atoms. The van der Waals surface area contributed by atoms with Gasteiger partial charge in [-0.1, -0.05) is 11.6 Å². The van der Waals surface area contributed by atoms with E-state index in [2.05, 4.69) is 33.2 Å². The first-order valence-corrected chi connectivity index (χ1v) is 9.75. The lowest BCUT2D eigenvalue weighted by Gasteiger charge is -2.14. The Labute approximate surface area is 170 Å². The third kappa shape index (κ3) is 4.96. The highest BCUT2D eigenvalue weighted by atomic mass is 127. The Morgan fingerprint density at radius 1 is 1.15 bits per heavy atom. The van der Waals surface area contributed by atoms with Crippen LogP contribution >= 0.6 is 34.2 Å². The fourth-order valence-corrected chi connectivity index (χ4v) is 3.33. The molecular weight excluding hydrogens is 467 g/mol. The van der Waals surface area contributed by atoms with Gasteiger partial charge in [-0.2, -0.15) is 0 Å². The van der Waals surface area contributed by atoms with E-state index in [4.69, 9.17) is 16.3 Å². The molecule has 2 aromatic rings. The fraction of sp³-hybridized carbons (Fsp3) is 0.263. The summed E-state index contributed by atoms with van der Waals surface area (Å²) in [5.41, 5.74) is 1.37. The largest absolute Gasteiger partial charge is 0.376 e. The Balaban J connectivity index is 1.73. The molecule has 0 radical (unpaired) electrons. The smallest absolute Gasteiger partial charge is 0.255 e. The standard InChI is InChI=1S/C19H18ClIN2O3/c20-13-5-3-12(4-6-13)18(24)23-17-8-7-14(21)10-16(17)19(25)22-11-15-2-1-9-26-15/h3-8,10,15H,1-2,9,11H2,(H,22,25)(H,23,24). The van der Waals surface area contributed by atoms with Crippen molar-refractivity contribution in [2.45, 2.75) is 18.9 Å². The molecule has 2 aromatic carbocycles.